The van der Waals surface area contributed by atoms with E-state index in [1.54, 1.807) is 27.4 Å². The Hall–Kier alpha value is -1.46. The third-order valence-electron chi connectivity index (χ3n) is 3.13. The lowest BCUT2D eigenvalue weighted by Crippen LogP contribution is -2.24. The molecule has 1 aliphatic rings. The van der Waals surface area contributed by atoms with Crippen LogP contribution >= 0.6 is 0 Å². The zero-order valence-electron chi connectivity index (χ0n) is 10.2. The first-order valence-corrected chi connectivity index (χ1v) is 5.39. The molecule has 0 saturated heterocycles. The van der Waals surface area contributed by atoms with Crippen LogP contribution in [0.2, 0.25) is 0 Å². The van der Waals surface area contributed by atoms with Gasteiger partial charge in [-0.15, -0.1) is 0 Å². The molecule has 1 aliphatic carbocycles. The molecule has 2 atom stereocenters. The van der Waals surface area contributed by atoms with Gasteiger partial charge in [-0.1, -0.05) is 0 Å². The van der Waals surface area contributed by atoms with Crippen molar-refractivity contribution in [1.82, 2.24) is 0 Å². The van der Waals surface area contributed by atoms with Crippen molar-refractivity contribution in [3.05, 3.63) is 17.2 Å². The molecule has 5 nitrogen and oxygen atoms in total. The van der Waals surface area contributed by atoms with E-state index in [1.807, 2.05) is 0 Å². The molecule has 0 heterocycles. The molecule has 3 N–H and O–H groups in total. The van der Waals surface area contributed by atoms with Crippen LogP contribution in [0.5, 0.6) is 17.2 Å². The fourth-order valence-electron chi connectivity index (χ4n) is 2.29. The fourth-order valence-corrected chi connectivity index (χ4v) is 2.29. The van der Waals surface area contributed by atoms with Crippen molar-refractivity contribution < 1.29 is 19.3 Å². The van der Waals surface area contributed by atoms with Gasteiger partial charge in [0.25, 0.3) is 0 Å². The van der Waals surface area contributed by atoms with Crippen LogP contribution in [0, 0.1) is 0 Å². The molecule has 0 aliphatic heterocycles. The normalized spacial score (nSPS) is 22.2. The monoisotopic (exact) mass is 239 g/mol. The van der Waals surface area contributed by atoms with E-state index in [0.29, 0.717) is 23.7 Å². The van der Waals surface area contributed by atoms with Crippen molar-refractivity contribution in [3.63, 3.8) is 0 Å². The van der Waals surface area contributed by atoms with Gasteiger partial charge in [-0.05, 0) is 18.1 Å². The molecule has 1 aromatic rings. The molecule has 0 bridgehead atoms. The molecule has 94 valence electrons. The number of methoxy groups -OCH3 is 3. The highest BCUT2D eigenvalue weighted by Gasteiger charge is 2.34. The number of hydrogen-bond donors (Lipinski definition) is 2. The summed E-state index contributed by atoms with van der Waals surface area (Å²) >= 11 is 0. The Bertz CT molecular complexity index is 433. The minimum absolute atomic E-state index is 0.310. The predicted octanol–water partition coefficient (Wildman–Crippen LogP) is 0.629. The summed E-state index contributed by atoms with van der Waals surface area (Å²) in [7, 11) is 4.66. The highest BCUT2D eigenvalue weighted by Crippen LogP contribution is 2.47. The molecular weight excluding hydrogens is 222 g/mol. The molecule has 0 aromatic heterocycles. The Balaban J connectivity index is 2.64. The Labute approximate surface area is 100 Å². The SMILES string of the molecule is COc1cc2c(c(OC)c1OC)C[C@@H](N)[C@@H]2O. The summed E-state index contributed by atoms with van der Waals surface area (Å²) in [5.41, 5.74) is 7.50. The summed E-state index contributed by atoms with van der Waals surface area (Å²) in [5.74, 6) is 1.67. The summed E-state index contributed by atoms with van der Waals surface area (Å²) in [5, 5.41) is 9.98. The van der Waals surface area contributed by atoms with Gasteiger partial charge in [0.15, 0.2) is 11.5 Å². The van der Waals surface area contributed by atoms with Crippen molar-refractivity contribution in [3.8, 4) is 17.2 Å². The number of aliphatic hydroxyl groups excluding tert-OH is 1. The van der Waals surface area contributed by atoms with Crippen molar-refractivity contribution >= 4 is 0 Å². The van der Waals surface area contributed by atoms with Gasteiger partial charge in [0.05, 0.1) is 27.4 Å². The number of benzene rings is 1. The molecule has 0 spiro atoms. The molecule has 17 heavy (non-hydrogen) atoms. The predicted molar refractivity (Wildman–Crippen MR) is 62.7 cm³/mol. The van der Waals surface area contributed by atoms with E-state index in [4.69, 9.17) is 19.9 Å². The minimum atomic E-state index is -0.682. The van der Waals surface area contributed by atoms with Crippen molar-refractivity contribution in [2.75, 3.05) is 21.3 Å². The largest absolute Gasteiger partial charge is 0.493 e. The third kappa shape index (κ3) is 1.71. The van der Waals surface area contributed by atoms with Crippen LogP contribution in [0.25, 0.3) is 0 Å². The van der Waals surface area contributed by atoms with E-state index in [0.717, 1.165) is 11.1 Å². The second-order valence-electron chi connectivity index (χ2n) is 4.03. The second kappa shape index (κ2) is 4.43. The number of hydrogen-bond acceptors (Lipinski definition) is 5. The van der Waals surface area contributed by atoms with Crippen LogP contribution in [0.15, 0.2) is 6.07 Å². The minimum Gasteiger partial charge on any atom is -0.493 e. The topological polar surface area (TPSA) is 73.9 Å². The number of aliphatic hydroxyl groups is 1. The Morgan fingerprint density at radius 1 is 1.18 bits per heavy atom. The maximum absolute atomic E-state index is 9.98. The van der Waals surface area contributed by atoms with Gasteiger partial charge in [0.1, 0.15) is 0 Å². The molecule has 2 rings (SSSR count). The molecule has 0 saturated carbocycles. The standard InChI is InChI=1S/C12H17NO4/c1-15-9-5-6-7(4-8(13)10(6)14)11(16-2)12(9)17-3/h5,8,10,14H,4,13H2,1-3H3/t8-,10-/m1/s1. The highest BCUT2D eigenvalue weighted by atomic mass is 16.5. The summed E-state index contributed by atoms with van der Waals surface area (Å²) in [6.07, 6.45) is -0.112. The molecule has 0 radical (unpaired) electrons. The Kier molecular flexibility index (Phi) is 3.13. The van der Waals surface area contributed by atoms with Crippen LogP contribution < -0.4 is 19.9 Å². The van der Waals surface area contributed by atoms with E-state index in [-0.39, 0.29) is 6.04 Å². The van der Waals surface area contributed by atoms with Crippen molar-refractivity contribution in [2.45, 2.75) is 18.6 Å². The van der Waals surface area contributed by atoms with Crippen LogP contribution in [0.4, 0.5) is 0 Å². The van der Waals surface area contributed by atoms with Gasteiger partial charge < -0.3 is 25.1 Å². The molecule has 0 fully saturated rings. The number of rotatable bonds is 3. The maximum atomic E-state index is 9.98. The summed E-state index contributed by atoms with van der Waals surface area (Å²) < 4.78 is 15.9. The lowest BCUT2D eigenvalue weighted by molar-refractivity contribution is 0.159. The second-order valence-corrected chi connectivity index (χ2v) is 4.03. The summed E-state index contributed by atoms with van der Waals surface area (Å²) in [6.45, 7) is 0. The number of fused-ring (bicyclic) bond motifs is 1. The van der Waals surface area contributed by atoms with E-state index < -0.39 is 6.10 Å². The smallest absolute Gasteiger partial charge is 0.203 e. The lowest BCUT2D eigenvalue weighted by Gasteiger charge is -2.16. The molecule has 1 aromatic carbocycles. The van der Waals surface area contributed by atoms with E-state index in [9.17, 15) is 5.11 Å². The Morgan fingerprint density at radius 2 is 1.82 bits per heavy atom. The van der Waals surface area contributed by atoms with Crippen LogP contribution in [0.1, 0.15) is 17.2 Å². The number of nitrogens with two attached hydrogens (primary N) is 1. The quantitative estimate of drug-likeness (QED) is 0.809. The fraction of sp³-hybridized carbons (Fsp3) is 0.500. The van der Waals surface area contributed by atoms with Crippen LogP contribution in [-0.2, 0) is 6.42 Å². The summed E-state index contributed by atoms with van der Waals surface area (Å²) in [4.78, 5) is 0. The van der Waals surface area contributed by atoms with Crippen molar-refractivity contribution in [1.29, 1.82) is 0 Å². The highest BCUT2D eigenvalue weighted by molar-refractivity contribution is 5.61. The lowest BCUT2D eigenvalue weighted by atomic mass is 10.1. The van der Waals surface area contributed by atoms with Crippen LogP contribution in [-0.4, -0.2) is 32.5 Å². The first-order valence-electron chi connectivity index (χ1n) is 5.39. The average Bonchev–Trinajstić information content (AvgIpc) is 2.63. The number of ether oxygens (including phenoxy) is 3. The van der Waals surface area contributed by atoms with Gasteiger partial charge >= 0.3 is 0 Å². The van der Waals surface area contributed by atoms with E-state index in [2.05, 4.69) is 0 Å². The first kappa shape index (κ1) is 12.0. The van der Waals surface area contributed by atoms with Gasteiger partial charge in [-0.3, -0.25) is 0 Å². The molecule has 0 unspecified atom stereocenters. The zero-order valence-corrected chi connectivity index (χ0v) is 10.2. The maximum Gasteiger partial charge on any atom is 0.203 e. The van der Waals surface area contributed by atoms with E-state index in [1.165, 1.54) is 0 Å². The Morgan fingerprint density at radius 3 is 2.35 bits per heavy atom. The van der Waals surface area contributed by atoms with Crippen molar-refractivity contribution in [2.24, 2.45) is 5.73 Å². The average molecular weight is 239 g/mol. The van der Waals surface area contributed by atoms with E-state index >= 15 is 0 Å². The summed E-state index contributed by atoms with van der Waals surface area (Å²) in [6, 6.07) is 1.45. The third-order valence-corrected chi connectivity index (χ3v) is 3.13. The van der Waals surface area contributed by atoms with Crippen LogP contribution in [0.3, 0.4) is 0 Å². The van der Waals surface area contributed by atoms with Gasteiger partial charge in [0.2, 0.25) is 5.75 Å². The molecule has 0 amide bonds. The van der Waals surface area contributed by atoms with Gasteiger partial charge in [-0.2, -0.15) is 0 Å². The molecular formula is C12H17NO4. The van der Waals surface area contributed by atoms with Gasteiger partial charge in [0, 0.05) is 11.6 Å². The first-order chi connectivity index (χ1) is 8.13. The van der Waals surface area contributed by atoms with Gasteiger partial charge in [-0.25, -0.2) is 0 Å². The molecule has 5 heteroatoms. The zero-order chi connectivity index (χ0) is 12.6.